The number of carbonyl (C=O) groups is 1. The number of allylic oxidation sites excluding steroid dienone is 2. The molecule has 0 aromatic heterocycles. The Bertz CT molecular complexity index is 999. The first kappa shape index (κ1) is 21.2. The highest BCUT2D eigenvalue weighted by Crippen LogP contribution is 2.34. The summed E-state index contributed by atoms with van der Waals surface area (Å²) < 4.78 is 41.8. The number of hydrazine groups is 1. The number of hydrogen-bond acceptors (Lipinski definition) is 3. The Kier molecular flexibility index (Phi) is 6.21. The van der Waals surface area contributed by atoms with Crippen LogP contribution in [-0.2, 0) is 12.7 Å². The molecule has 0 radical (unpaired) electrons. The topological polar surface area (TPSA) is 44.4 Å². The SMILES string of the molecule is CC1=CNN(Cc2ccc(NC(=O)c3ccc(C)c(I)c3)cc2C(F)(F)F)C=C1. The number of anilines is 1. The van der Waals surface area contributed by atoms with Crippen molar-refractivity contribution in [1.82, 2.24) is 10.4 Å². The second-order valence-corrected chi connectivity index (χ2v) is 7.91. The van der Waals surface area contributed by atoms with E-state index < -0.39 is 17.6 Å². The fourth-order valence-electron chi connectivity index (χ4n) is 2.76. The van der Waals surface area contributed by atoms with Gasteiger partial charge in [-0.3, -0.25) is 9.80 Å². The van der Waals surface area contributed by atoms with Crippen molar-refractivity contribution in [3.05, 3.63) is 86.3 Å². The summed E-state index contributed by atoms with van der Waals surface area (Å²) in [7, 11) is 0. The number of hydrogen-bond donors (Lipinski definition) is 2. The minimum Gasteiger partial charge on any atom is -0.322 e. The molecule has 1 heterocycles. The van der Waals surface area contributed by atoms with Crippen molar-refractivity contribution in [2.24, 2.45) is 0 Å². The molecule has 0 saturated heterocycles. The molecule has 4 nitrogen and oxygen atoms in total. The molecule has 0 saturated carbocycles. The molecule has 0 unspecified atom stereocenters. The van der Waals surface area contributed by atoms with Crippen LogP contribution in [0.15, 0.2) is 60.4 Å². The van der Waals surface area contributed by atoms with Crippen LogP contribution in [0.1, 0.15) is 34.0 Å². The fourth-order valence-corrected chi connectivity index (χ4v) is 3.27. The molecule has 0 aliphatic carbocycles. The van der Waals surface area contributed by atoms with Crippen molar-refractivity contribution in [1.29, 1.82) is 0 Å². The van der Waals surface area contributed by atoms with E-state index in [-0.39, 0.29) is 17.8 Å². The second kappa shape index (κ2) is 8.48. The van der Waals surface area contributed by atoms with E-state index in [1.54, 1.807) is 41.7 Å². The predicted octanol–water partition coefficient (Wildman–Crippen LogP) is 5.61. The zero-order chi connectivity index (χ0) is 21.2. The Hall–Kier alpha value is -2.49. The lowest BCUT2D eigenvalue weighted by molar-refractivity contribution is -0.138. The maximum Gasteiger partial charge on any atom is 0.416 e. The van der Waals surface area contributed by atoms with Gasteiger partial charge in [-0.05, 0) is 83.5 Å². The van der Waals surface area contributed by atoms with Crippen molar-refractivity contribution in [2.75, 3.05) is 5.32 Å². The summed E-state index contributed by atoms with van der Waals surface area (Å²) in [4.78, 5) is 12.4. The Labute approximate surface area is 180 Å². The van der Waals surface area contributed by atoms with Gasteiger partial charge >= 0.3 is 6.18 Å². The van der Waals surface area contributed by atoms with E-state index in [9.17, 15) is 18.0 Å². The van der Waals surface area contributed by atoms with Crippen LogP contribution in [-0.4, -0.2) is 10.9 Å². The van der Waals surface area contributed by atoms with Gasteiger partial charge in [0.25, 0.3) is 5.91 Å². The van der Waals surface area contributed by atoms with Gasteiger partial charge in [0, 0.05) is 27.2 Å². The lowest BCUT2D eigenvalue weighted by Crippen LogP contribution is -2.31. The number of nitrogens with one attached hydrogen (secondary N) is 2. The molecule has 152 valence electrons. The maximum atomic E-state index is 13.6. The van der Waals surface area contributed by atoms with E-state index in [1.165, 1.54) is 12.1 Å². The normalized spacial score (nSPS) is 13.7. The van der Waals surface area contributed by atoms with Crippen LogP contribution in [0.25, 0.3) is 0 Å². The molecule has 2 N–H and O–H groups in total. The van der Waals surface area contributed by atoms with Crippen LogP contribution in [0.3, 0.4) is 0 Å². The predicted molar refractivity (Wildman–Crippen MR) is 115 cm³/mol. The molecular weight excluding hydrogens is 494 g/mol. The highest BCUT2D eigenvalue weighted by atomic mass is 127. The van der Waals surface area contributed by atoms with E-state index in [4.69, 9.17) is 0 Å². The summed E-state index contributed by atoms with van der Waals surface area (Å²) in [5.41, 5.74) is 4.73. The summed E-state index contributed by atoms with van der Waals surface area (Å²) in [5, 5.41) is 4.12. The van der Waals surface area contributed by atoms with E-state index in [2.05, 4.69) is 33.3 Å². The van der Waals surface area contributed by atoms with Gasteiger partial charge in [0.05, 0.1) is 12.1 Å². The van der Waals surface area contributed by atoms with Gasteiger partial charge in [0.15, 0.2) is 0 Å². The van der Waals surface area contributed by atoms with Crippen molar-refractivity contribution < 1.29 is 18.0 Å². The van der Waals surface area contributed by atoms with Crippen LogP contribution in [0.5, 0.6) is 0 Å². The summed E-state index contributed by atoms with van der Waals surface area (Å²) in [5.74, 6) is -0.454. The standard InChI is InChI=1S/C21H19F3IN3O/c1-13-7-8-28(26-11-13)12-16-5-6-17(10-18(16)21(22,23)24)27-20(29)15-4-3-14(2)19(25)9-15/h3-11,26H,12H2,1-2H3,(H,27,29). The Morgan fingerprint density at radius 1 is 1.17 bits per heavy atom. The number of aryl methyl sites for hydroxylation is 1. The summed E-state index contributed by atoms with van der Waals surface area (Å²) in [6, 6.07) is 9.00. The smallest absolute Gasteiger partial charge is 0.322 e. The molecule has 0 fully saturated rings. The molecule has 1 amide bonds. The number of rotatable bonds is 4. The number of alkyl halides is 3. The number of benzene rings is 2. The first-order valence-electron chi connectivity index (χ1n) is 8.79. The highest BCUT2D eigenvalue weighted by Gasteiger charge is 2.34. The molecule has 1 aliphatic heterocycles. The number of halogens is 4. The molecule has 3 rings (SSSR count). The van der Waals surface area contributed by atoms with E-state index in [0.717, 1.165) is 20.8 Å². The van der Waals surface area contributed by atoms with Crippen LogP contribution in [0, 0.1) is 10.5 Å². The maximum absolute atomic E-state index is 13.6. The van der Waals surface area contributed by atoms with E-state index in [0.29, 0.717) is 5.56 Å². The minimum atomic E-state index is -4.54. The van der Waals surface area contributed by atoms with Gasteiger partial charge < -0.3 is 10.7 Å². The van der Waals surface area contributed by atoms with Crippen molar-refractivity contribution in [2.45, 2.75) is 26.6 Å². The Morgan fingerprint density at radius 3 is 2.55 bits per heavy atom. The van der Waals surface area contributed by atoms with Crippen molar-refractivity contribution in [3.8, 4) is 0 Å². The number of carbonyl (C=O) groups excluding carboxylic acids is 1. The van der Waals surface area contributed by atoms with Gasteiger partial charge in [0.2, 0.25) is 0 Å². The van der Waals surface area contributed by atoms with Crippen LogP contribution in [0.4, 0.5) is 18.9 Å². The third-order valence-electron chi connectivity index (χ3n) is 4.42. The minimum absolute atomic E-state index is 0.0273. The summed E-state index contributed by atoms with van der Waals surface area (Å²) in [6.45, 7) is 3.83. The van der Waals surface area contributed by atoms with Gasteiger partial charge in [0.1, 0.15) is 0 Å². The first-order valence-corrected chi connectivity index (χ1v) is 9.87. The largest absolute Gasteiger partial charge is 0.416 e. The molecule has 8 heteroatoms. The zero-order valence-corrected chi connectivity index (χ0v) is 17.9. The summed E-state index contributed by atoms with van der Waals surface area (Å²) >= 11 is 2.11. The number of nitrogens with zero attached hydrogens (tertiary/aromatic N) is 1. The molecule has 0 bridgehead atoms. The molecular formula is C21H19F3IN3O. The monoisotopic (exact) mass is 513 g/mol. The third-order valence-corrected chi connectivity index (χ3v) is 5.59. The lowest BCUT2D eigenvalue weighted by atomic mass is 10.1. The second-order valence-electron chi connectivity index (χ2n) is 6.75. The van der Waals surface area contributed by atoms with Crippen LogP contribution < -0.4 is 10.7 Å². The van der Waals surface area contributed by atoms with E-state index >= 15 is 0 Å². The fraction of sp³-hybridized carbons (Fsp3) is 0.190. The van der Waals surface area contributed by atoms with Gasteiger partial charge in [-0.2, -0.15) is 13.2 Å². The number of amides is 1. The molecule has 0 spiro atoms. The zero-order valence-electron chi connectivity index (χ0n) is 15.8. The highest BCUT2D eigenvalue weighted by molar-refractivity contribution is 14.1. The molecule has 2 aromatic rings. The first-order chi connectivity index (χ1) is 13.6. The van der Waals surface area contributed by atoms with Crippen molar-refractivity contribution in [3.63, 3.8) is 0 Å². The molecule has 1 aliphatic rings. The molecule has 0 atom stereocenters. The third kappa shape index (κ3) is 5.31. The van der Waals surface area contributed by atoms with E-state index in [1.807, 2.05) is 13.8 Å². The Morgan fingerprint density at radius 2 is 1.93 bits per heavy atom. The molecule has 2 aromatic carbocycles. The van der Waals surface area contributed by atoms with Gasteiger partial charge in [-0.15, -0.1) is 0 Å². The van der Waals surface area contributed by atoms with Gasteiger partial charge in [-0.1, -0.05) is 12.1 Å². The molecule has 29 heavy (non-hydrogen) atoms. The van der Waals surface area contributed by atoms with Gasteiger partial charge in [-0.25, -0.2) is 0 Å². The van der Waals surface area contributed by atoms with Crippen LogP contribution in [0.2, 0.25) is 0 Å². The van der Waals surface area contributed by atoms with Crippen LogP contribution >= 0.6 is 22.6 Å². The average Bonchev–Trinajstić information content (AvgIpc) is 2.66. The lowest BCUT2D eigenvalue weighted by Gasteiger charge is -2.25. The quantitative estimate of drug-likeness (QED) is 0.523. The summed E-state index contributed by atoms with van der Waals surface area (Å²) in [6.07, 6.45) is 0.664. The van der Waals surface area contributed by atoms with Crippen molar-refractivity contribution >= 4 is 34.2 Å². The average molecular weight is 513 g/mol. The Balaban J connectivity index is 1.82.